The lowest BCUT2D eigenvalue weighted by Gasteiger charge is -2.42. The minimum absolute atomic E-state index is 0.0406. The van der Waals surface area contributed by atoms with Crippen LogP contribution in [0.4, 0.5) is 9.59 Å². The van der Waals surface area contributed by atoms with E-state index in [0.29, 0.717) is 17.0 Å². The smallest absolute Gasteiger partial charge is 0.410 e. The van der Waals surface area contributed by atoms with Crippen LogP contribution in [-0.2, 0) is 39.3 Å². The van der Waals surface area contributed by atoms with Crippen LogP contribution in [0, 0.1) is 5.92 Å². The first kappa shape index (κ1) is 46.0. The number of nitrogens with zero attached hydrogens (tertiary/aromatic N) is 2. The summed E-state index contributed by atoms with van der Waals surface area (Å²) in [6, 6.07) is 13.4. The predicted molar refractivity (Wildman–Crippen MR) is 216 cm³/mol. The summed E-state index contributed by atoms with van der Waals surface area (Å²) < 4.78 is 36.0. The van der Waals surface area contributed by atoms with Gasteiger partial charge in [0, 0.05) is 31.1 Å². The van der Waals surface area contributed by atoms with E-state index in [1.54, 1.807) is 68.7 Å². The SMILES string of the molecule is CCOP(=O)(OCC)C(O)C(CCC(=O)N1CCN(C(=O)OC(C)(C)C)C(c2ccccc2)C1)NC(=O)C(CC1CCCCC1)NC(=O)OCc1cccc(Cl)c1. The summed E-state index contributed by atoms with van der Waals surface area (Å²) in [4.78, 5) is 57.7. The van der Waals surface area contributed by atoms with E-state index in [9.17, 15) is 28.8 Å². The molecule has 14 nitrogen and oxygen atoms in total. The number of aliphatic hydroxyl groups is 1. The number of alkyl carbamates (subject to hydrolysis) is 1. The van der Waals surface area contributed by atoms with Gasteiger partial charge in [-0.1, -0.05) is 86.2 Å². The van der Waals surface area contributed by atoms with E-state index >= 15 is 0 Å². The number of piperazine rings is 1. The largest absolute Gasteiger partial charge is 0.445 e. The first-order valence-electron chi connectivity index (χ1n) is 20.0. The molecule has 1 saturated heterocycles. The molecule has 1 aliphatic carbocycles. The van der Waals surface area contributed by atoms with E-state index in [4.69, 9.17) is 30.1 Å². The third-order valence-corrected chi connectivity index (χ3v) is 12.5. The highest BCUT2D eigenvalue weighted by atomic mass is 35.5. The van der Waals surface area contributed by atoms with Gasteiger partial charge in [0.1, 0.15) is 18.2 Å². The van der Waals surface area contributed by atoms with Crippen LogP contribution in [0.5, 0.6) is 0 Å². The predicted octanol–water partition coefficient (Wildman–Crippen LogP) is 7.58. The fourth-order valence-electron chi connectivity index (χ4n) is 7.24. The average Bonchev–Trinajstić information content (AvgIpc) is 3.18. The first-order valence-corrected chi connectivity index (χ1v) is 22.0. The monoisotopic (exact) mass is 834 g/mol. The Morgan fingerprint density at radius 3 is 2.26 bits per heavy atom. The van der Waals surface area contributed by atoms with Gasteiger partial charge in [-0.05, 0) is 76.6 Å². The van der Waals surface area contributed by atoms with Crippen LogP contribution in [0.1, 0.15) is 103 Å². The molecule has 1 aliphatic heterocycles. The zero-order valence-electron chi connectivity index (χ0n) is 33.8. The van der Waals surface area contributed by atoms with Crippen molar-refractivity contribution < 1.29 is 47.4 Å². The summed E-state index contributed by atoms with van der Waals surface area (Å²) in [5.41, 5.74) is 0.789. The van der Waals surface area contributed by atoms with Crippen molar-refractivity contribution in [2.45, 2.75) is 122 Å². The van der Waals surface area contributed by atoms with Gasteiger partial charge >= 0.3 is 19.8 Å². The van der Waals surface area contributed by atoms with Gasteiger partial charge in [-0.25, -0.2) is 9.59 Å². The molecule has 4 atom stereocenters. The van der Waals surface area contributed by atoms with Crippen LogP contribution in [0.15, 0.2) is 54.6 Å². The molecule has 4 unspecified atom stereocenters. The third kappa shape index (κ3) is 14.3. The first-order chi connectivity index (χ1) is 27.1. The molecule has 2 fully saturated rings. The van der Waals surface area contributed by atoms with E-state index in [2.05, 4.69) is 10.6 Å². The van der Waals surface area contributed by atoms with Gasteiger partial charge in [0.05, 0.1) is 25.3 Å². The molecule has 57 heavy (non-hydrogen) atoms. The molecule has 4 rings (SSSR count). The van der Waals surface area contributed by atoms with E-state index < -0.39 is 55.3 Å². The molecule has 1 saturated carbocycles. The summed E-state index contributed by atoms with van der Waals surface area (Å²) in [6.45, 7) is 9.07. The zero-order valence-corrected chi connectivity index (χ0v) is 35.5. The number of amides is 4. The van der Waals surface area contributed by atoms with Crippen molar-refractivity contribution in [2.24, 2.45) is 5.92 Å². The molecule has 1 heterocycles. The van der Waals surface area contributed by atoms with Crippen molar-refractivity contribution >= 4 is 43.2 Å². The average molecular weight is 835 g/mol. The van der Waals surface area contributed by atoms with Crippen molar-refractivity contribution in [1.29, 1.82) is 0 Å². The van der Waals surface area contributed by atoms with Crippen LogP contribution in [0.25, 0.3) is 0 Å². The maximum atomic E-state index is 14.1. The van der Waals surface area contributed by atoms with Crippen LogP contribution < -0.4 is 10.6 Å². The lowest BCUT2D eigenvalue weighted by Crippen LogP contribution is -2.54. The number of nitrogens with one attached hydrogen (secondary N) is 2. The van der Waals surface area contributed by atoms with Crippen molar-refractivity contribution in [3.63, 3.8) is 0 Å². The van der Waals surface area contributed by atoms with E-state index in [-0.39, 0.29) is 64.1 Å². The maximum Gasteiger partial charge on any atom is 0.410 e. The molecule has 0 aromatic heterocycles. The Bertz CT molecular complexity index is 1660. The number of rotatable bonds is 17. The maximum absolute atomic E-state index is 14.1. The number of carbonyl (C=O) groups excluding carboxylic acids is 4. The Labute approximate surface area is 341 Å². The number of carbonyl (C=O) groups is 4. The second-order valence-corrected chi connectivity index (χ2v) is 18.1. The summed E-state index contributed by atoms with van der Waals surface area (Å²) >= 11 is 6.09. The Morgan fingerprint density at radius 1 is 0.947 bits per heavy atom. The van der Waals surface area contributed by atoms with Crippen LogP contribution >= 0.6 is 19.2 Å². The molecule has 0 radical (unpaired) electrons. The minimum atomic E-state index is -4.21. The molecule has 2 aliphatic rings. The van der Waals surface area contributed by atoms with Gasteiger partial charge in [-0.2, -0.15) is 0 Å². The third-order valence-electron chi connectivity index (χ3n) is 10.0. The van der Waals surface area contributed by atoms with Gasteiger partial charge in [-0.3, -0.25) is 19.1 Å². The Morgan fingerprint density at radius 2 is 1.63 bits per heavy atom. The molecule has 0 spiro atoms. The number of halogens is 1. The molecular weight excluding hydrogens is 775 g/mol. The van der Waals surface area contributed by atoms with E-state index in [1.807, 2.05) is 30.3 Å². The number of aliphatic hydroxyl groups excluding tert-OH is 1. The minimum Gasteiger partial charge on any atom is -0.445 e. The van der Waals surface area contributed by atoms with Crippen LogP contribution in [0.2, 0.25) is 5.02 Å². The van der Waals surface area contributed by atoms with Gasteiger partial charge in [0.25, 0.3) is 0 Å². The van der Waals surface area contributed by atoms with Crippen LogP contribution in [-0.4, -0.2) is 95.3 Å². The second-order valence-electron chi connectivity index (χ2n) is 15.5. The van der Waals surface area contributed by atoms with E-state index in [0.717, 1.165) is 37.7 Å². The summed E-state index contributed by atoms with van der Waals surface area (Å²) in [5, 5.41) is 17.6. The normalized spacial score (nSPS) is 18.3. The molecule has 2 aromatic rings. The van der Waals surface area contributed by atoms with Crippen molar-refractivity contribution in [1.82, 2.24) is 20.4 Å². The quantitative estimate of drug-likeness (QED) is 0.135. The fraction of sp³-hybridized carbons (Fsp3) is 0.610. The summed E-state index contributed by atoms with van der Waals surface area (Å²) in [7, 11) is -4.21. The number of hydrogen-bond donors (Lipinski definition) is 3. The molecule has 16 heteroatoms. The molecule has 4 amide bonds. The molecule has 3 N–H and O–H groups in total. The fourth-order valence-corrected chi connectivity index (χ4v) is 9.22. The summed E-state index contributed by atoms with van der Waals surface area (Å²) in [5.74, 6) is -2.61. The van der Waals surface area contributed by atoms with Gasteiger partial charge in [0.15, 0.2) is 5.85 Å². The number of hydrogen-bond acceptors (Lipinski definition) is 10. The highest BCUT2D eigenvalue weighted by molar-refractivity contribution is 7.54. The van der Waals surface area contributed by atoms with Crippen molar-refractivity contribution in [3.8, 4) is 0 Å². The van der Waals surface area contributed by atoms with Crippen molar-refractivity contribution in [3.05, 3.63) is 70.7 Å². The number of benzene rings is 2. The zero-order chi connectivity index (χ0) is 41.6. The van der Waals surface area contributed by atoms with E-state index in [1.165, 1.54) is 0 Å². The summed E-state index contributed by atoms with van der Waals surface area (Å²) in [6.07, 6.45) is 3.61. The Hall–Kier alpha value is -3.68. The van der Waals surface area contributed by atoms with Gasteiger partial charge < -0.3 is 39.2 Å². The molecule has 316 valence electrons. The second kappa shape index (κ2) is 21.9. The highest BCUT2D eigenvalue weighted by Crippen LogP contribution is 2.53. The lowest BCUT2D eigenvalue weighted by molar-refractivity contribution is -0.135. The topological polar surface area (TPSA) is 173 Å². The van der Waals surface area contributed by atoms with Crippen molar-refractivity contribution in [2.75, 3.05) is 32.8 Å². The molecule has 2 aromatic carbocycles. The highest BCUT2D eigenvalue weighted by Gasteiger charge is 2.43. The van der Waals surface area contributed by atoms with Crippen LogP contribution in [0.3, 0.4) is 0 Å². The molecular formula is C41H60ClN4O10P. The Balaban J connectivity index is 1.53. The Kier molecular flexibility index (Phi) is 17.7. The lowest BCUT2D eigenvalue weighted by atomic mass is 9.84. The number of ether oxygens (including phenoxy) is 2. The molecule has 0 bridgehead atoms. The van der Waals surface area contributed by atoms with Gasteiger partial charge in [-0.15, -0.1) is 0 Å². The van der Waals surface area contributed by atoms with Gasteiger partial charge in [0.2, 0.25) is 11.8 Å². The standard InChI is InChI=1S/C41H60ClN4O10P/c1-6-54-57(52,55-7-2)38(49)33(21-22-36(47)45-23-24-46(40(51)56-41(3,4)5)35(27-45)31-18-12-9-13-19-31)43-37(48)34(26-29-15-10-8-11-16-29)44-39(50)53-28-30-17-14-20-32(42)25-30/h9,12-14,17-20,25,29,33-35,38,49H,6-8,10-11,15-16,21-24,26-28H2,1-5H3,(H,43,48)(H,44,50).